The lowest BCUT2D eigenvalue weighted by Gasteiger charge is -2.11. The van der Waals surface area contributed by atoms with Gasteiger partial charge >= 0.3 is 0 Å². The van der Waals surface area contributed by atoms with E-state index in [1.807, 2.05) is 83.4 Å². The molecule has 4 aromatic rings. The van der Waals surface area contributed by atoms with E-state index in [9.17, 15) is 0 Å². The fraction of sp³-hybridized carbons (Fsp3) is 0.0476. The molecule has 0 fully saturated rings. The van der Waals surface area contributed by atoms with E-state index in [0.29, 0.717) is 10.8 Å². The van der Waals surface area contributed by atoms with Crippen LogP contribution < -0.4 is 0 Å². The smallest absolute Gasteiger partial charge is 0.196 e. The Labute approximate surface area is 172 Å². The predicted octanol–water partition coefficient (Wildman–Crippen LogP) is 6.53. The van der Waals surface area contributed by atoms with Gasteiger partial charge in [0.05, 0.1) is 0 Å². The average Bonchev–Trinajstić information content (AvgIpc) is 3.12. The second-order valence-electron chi connectivity index (χ2n) is 5.86. The summed E-state index contributed by atoms with van der Waals surface area (Å²) in [6.07, 6.45) is 0. The lowest BCUT2D eigenvalue weighted by Crippen LogP contribution is -1.99. The summed E-state index contributed by atoms with van der Waals surface area (Å²) >= 11 is 14.0. The molecule has 6 heteroatoms. The Bertz CT molecular complexity index is 1050. The van der Waals surface area contributed by atoms with Gasteiger partial charge in [-0.3, -0.25) is 4.57 Å². The summed E-state index contributed by atoms with van der Waals surface area (Å²) in [7, 11) is 0. The van der Waals surface area contributed by atoms with Crippen molar-refractivity contribution in [3.8, 4) is 17.1 Å². The van der Waals surface area contributed by atoms with Crippen molar-refractivity contribution in [3.05, 3.63) is 94.5 Å². The van der Waals surface area contributed by atoms with Crippen LogP contribution in [0.2, 0.25) is 10.0 Å². The molecule has 3 nitrogen and oxygen atoms in total. The van der Waals surface area contributed by atoms with Gasteiger partial charge in [-0.05, 0) is 35.9 Å². The largest absolute Gasteiger partial charge is 0.270 e. The van der Waals surface area contributed by atoms with Crippen molar-refractivity contribution < 1.29 is 0 Å². The molecule has 0 amide bonds. The third-order valence-electron chi connectivity index (χ3n) is 4.06. The van der Waals surface area contributed by atoms with Crippen molar-refractivity contribution in [1.82, 2.24) is 14.8 Å². The van der Waals surface area contributed by atoms with E-state index in [2.05, 4.69) is 10.2 Å². The van der Waals surface area contributed by atoms with E-state index in [4.69, 9.17) is 23.2 Å². The minimum absolute atomic E-state index is 0.693. The first-order chi connectivity index (χ1) is 13.2. The zero-order valence-corrected chi connectivity index (χ0v) is 16.5. The number of aromatic nitrogens is 3. The topological polar surface area (TPSA) is 30.7 Å². The molecule has 0 aliphatic rings. The van der Waals surface area contributed by atoms with Crippen molar-refractivity contribution in [3.63, 3.8) is 0 Å². The molecule has 27 heavy (non-hydrogen) atoms. The van der Waals surface area contributed by atoms with E-state index in [1.54, 1.807) is 11.8 Å². The van der Waals surface area contributed by atoms with E-state index in [0.717, 1.165) is 32.8 Å². The summed E-state index contributed by atoms with van der Waals surface area (Å²) in [5, 5.41) is 11.1. The van der Waals surface area contributed by atoms with E-state index in [1.165, 1.54) is 0 Å². The molecule has 0 atom stereocenters. The molecule has 0 bridgehead atoms. The van der Waals surface area contributed by atoms with E-state index >= 15 is 0 Å². The van der Waals surface area contributed by atoms with Crippen LogP contribution in [-0.2, 0) is 5.75 Å². The molecule has 4 rings (SSSR count). The van der Waals surface area contributed by atoms with Crippen LogP contribution in [0.3, 0.4) is 0 Å². The molecule has 0 radical (unpaired) electrons. The zero-order chi connectivity index (χ0) is 18.6. The number of benzene rings is 3. The molecular formula is C21H15Cl2N3S. The summed E-state index contributed by atoms with van der Waals surface area (Å²) in [5.74, 6) is 1.50. The number of hydrogen-bond acceptors (Lipinski definition) is 3. The first-order valence-electron chi connectivity index (χ1n) is 8.35. The summed E-state index contributed by atoms with van der Waals surface area (Å²) in [4.78, 5) is 0. The zero-order valence-electron chi connectivity index (χ0n) is 14.2. The second kappa shape index (κ2) is 8.17. The molecule has 0 aliphatic carbocycles. The molecule has 134 valence electrons. The fourth-order valence-corrected chi connectivity index (χ4v) is 4.08. The molecule has 1 aromatic heterocycles. The molecular weight excluding hydrogens is 397 g/mol. The van der Waals surface area contributed by atoms with Crippen LogP contribution in [0, 0.1) is 0 Å². The maximum absolute atomic E-state index is 6.29. The third kappa shape index (κ3) is 4.03. The minimum Gasteiger partial charge on any atom is -0.270 e. The molecule has 0 unspecified atom stereocenters. The van der Waals surface area contributed by atoms with Gasteiger partial charge in [0, 0.05) is 27.0 Å². The van der Waals surface area contributed by atoms with Crippen LogP contribution >= 0.6 is 35.0 Å². The first-order valence-corrected chi connectivity index (χ1v) is 10.1. The van der Waals surface area contributed by atoms with Crippen LogP contribution in [0.15, 0.2) is 84.0 Å². The van der Waals surface area contributed by atoms with Gasteiger partial charge < -0.3 is 0 Å². The van der Waals surface area contributed by atoms with Crippen LogP contribution in [0.5, 0.6) is 0 Å². The number of halogens is 2. The van der Waals surface area contributed by atoms with Gasteiger partial charge in [0.2, 0.25) is 0 Å². The lowest BCUT2D eigenvalue weighted by atomic mass is 10.2. The standard InChI is InChI=1S/C21H15Cl2N3S/c22-17-10-12-18(13-11-17)26-20(15-6-2-1-3-7-15)24-25-21(26)27-14-16-8-4-5-9-19(16)23/h1-13H,14H2. The number of hydrogen-bond donors (Lipinski definition) is 0. The van der Waals surface area contributed by atoms with Gasteiger partial charge in [0.1, 0.15) is 0 Å². The number of thioether (sulfide) groups is 1. The molecule has 3 aromatic carbocycles. The average molecular weight is 412 g/mol. The monoisotopic (exact) mass is 411 g/mol. The predicted molar refractivity (Wildman–Crippen MR) is 113 cm³/mol. The summed E-state index contributed by atoms with van der Waals surface area (Å²) in [6.45, 7) is 0. The quantitative estimate of drug-likeness (QED) is 0.349. The first kappa shape index (κ1) is 18.1. The highest BCUT2D eigenvalue weighted by molar-refractivity contribution is 7.98. The highest BCUT2D eigenvalue weighted by Gasteiger charge is 2.16. The highest BCUT2D eigenvalue weighted by atomic mass is 35.5. The SMILES string of the molecule is Clc1ccc(-n2c(SCc3ccccc3Cl)nnc2-c2ccccc2)cc1. The van der Waals surface area contributed by atoms with Crippen molar-refractivity contribution in [2.75, 3.05) is 0 Å². The van der Waals surface area contributed by atoms with Crippen molar-refractivity contribution in [1.29, 1.82) is 0 Å². The molecule has 0 saturated carbocycles. The Morgan fingerprint density at radius 2 is 1.48 bits per heavy atom. The Balaban J connectivity index is 1.74. The van der Waals surface area contributed by atoms with Crippen LogP contribution in [0.1, 0.15) is 5.56 Å². The summed E-state index contributed by atoms with van der Waals surface area (Å²) < 4.78 is 2.05. The van der Waals surface area contributed by atoms with Gasteiger partial charge in [-0.1, -0.05) is 83.5 Å². The number of nitrogens with zero attached hydrogens (tertiary/aromatic N) is 3. The van der Waals surface area contributed by atoms with Crippen LogP contribution in [0.4, 0.5) is 0 Å². The van der Waals surface area contributed by atoms with Crippen molar-refractivity contribution in [2.45, 2.75) is 10.9 Å². The Hall–Kier alpha value is -2.27. The van der Waals surface area contributed by atoms with Crippen LogP contribution in [0.25, 0.3) is 17.1 Å². The van der Waals surface area contributed by atoms with Gasteiger partial charge in [-0.25, -0.2) is 0 Å². The maximum Gasteiger partial charge on any atom is 0.196 e. The summed E-state index contributed by atoms with van der Waals surface area (Å²) in [5.41, 5.74) is 3.03. The van der Waals surface area contributed by atoms with E-state index in [-0.39, 0.29) is 0 Å². The minimum atomic E-state index is 0.693. The molecule has 0 N–H and O–H groups in total. The lowest BCUT2D eigenvalue weighted by molar-refractivity contribution is 0.886. The Morgan fingerprint density at radius 1 is 0.778 bits per heavy atom. The van der Waals surface area contributed by atoms with Gasteiger partial charge in [0.15, 0.2) is 11.0 Å². The van der Waals surface area contributed by atoms with Gasteiger partial charge in [-0.2, -0.15) is 0 Å². The van der Waals surface area contributed by atoms with Crippen molar-refractivity contribution >= 4 is 35.0 Å². The van der Waals surface area contributed by atoms with Crippen molar-refractivity contribution in [2.24, 2.45) is 0 Å². The maximum atomic E-state index is 6.29. The molecule has 0 saturated heterocycles. The third-order valence-corrected chi connectivity index (χ3v) is 5.66. The molecule has 0 spiro atoms. The van der Waals surface area contributed by atoms with E-state index < -0.39 is 0 Å². The molecule has 1 heterocycles. The normalized spacial score (nSPS) is 10.9. The van der Waals surface area contributed by atoms with Crippen LogP contribution in [-0.4, -0.2) is 14.8 Å². The Morgan fingerprint density at radius 3 is 2.22 bits per heavy atom. The highest BCUT2D eigenvalue weighted by Crippen LogP contribution is 2.31. The number of rotatable bonds is 5. The van der Waals surface area contributed by atoms with Gasteiger partial charge in [-0.15, -0.1) is 10.2 Å². The second-order valence-corrected chi connectivity index (χ2v) is 7.65. The molecule has 0 aliphatic heterocycles. The van der Waals surface area contributed by atoms with Gasteiger partial charge in [0.25, 0.3) is 0 Å². The summed E-state index contributed by atoms with van der Waals surface area (Å²) in [6, 6.07) is 25.5. The fourth-order valence-electron chi connectivity index (χ4n) is 2.72. The Kier molecular flexibility index (Phi) is 5.48.